The Hall–Kier alpha value is -3.29. The van der Waals surface area contributed by atoms with Crippen molar-refractivity contribution in [2.24, 2.45) is 5.18 Å². The van der Waals surface area contributed by atoms with Crippen LogP contribution in [0.15, 0.2) is 47.6 Å². The van der Waals surface area contributed by atoms with Gasteiger partial charge in [0.1, 0.15) is 11.4 Å². The van der Waals surface area contributed by atoms with Crippen LogP contribution in [-0.2, 0) is 0 Å². The highest BCUT2D eigenvalue weighted by Crippen LogP contribution is 2.34. The van der Waals surface area contributed by atoms with Crippen molar-refractivity contribution in [3.05, 3.63) is 57.5 Å². The Kier molecular flexibility index (Phi) is 3.89. The second-order valence-corrected chi connectivity index (χ2v) is 3.94. The van der Waals surface area contributed by atoms with Gasteiger partial charge in [0, 0.05) is 17.7 Å². The van der Waals surface area contributed by atoms with E-state index in [1.165, 1.54) is 42.5 Å². The second kappa shape index (κ2) is 5.78. The van der Waals surface area contributed by atoms with Crippen molar-refractivity contribution in [3.63, 3.8) is 0 Å². The predicted octanol–water partition coefficient (Wildman–Crippen LogP) is 3.72. The van der Waals surface area contributed by atoms with Crippen LogP contribution in [0.1, 0.15) is 0 Å². The summed E-state index contributed by atoms with van der Waals surface area (Å²) in [4.78, 5) is 31.3. The van der Waals surface area contributed by atoms with Crippen molar-refractivity contribution in [3.8, 4) is 16.9 Å². The average Bonchev–Trinajstić information content (AvgIpc) is 2.47. The minimum absolute atomic E-state index is 0.00348. The molecule has 21 heavy (non-hydrogen) atoms. The van der Waals surface area contributed by atoms with Crippen LogP contribution >= 0.6 is 0 Å². The Morgan fingerprint density at radius 3 is 2.38 bits per heavy atom. The number of ether oxygens (including phenoxy) is 1. The van der Waals surface area contributed by atoms with Gasteiger partial charge in [-0.1, -0.05) is 0 Å². The lowest BCUT2D eigenvalue weighted by Crippen LogP contribution is -2.04. The Bertz CT molecular complexity index is 711. The van der Waals surface area contributed by atoms with E-state index in [0.717, 1.165) is 0 Å². The van der Waals surface area contributed by atoms with Crippen LogP contribution in [0.5, 0.6) is 5.75 Å². The number of nitrogens with zero attached hydrogens (tertiary/aromatic N) is 2. The number of carbonyl (C=O) groups is 1. The Morgan fingerprint density at radius 2 is 1.86 bits per heavy atom. The molecule has 0 aromatic heterocycles. The van der Waals surface area contributed by atoms with Crippen LogP contribution in [0.2, 0.25) is 0 Å². The van der Waals surface area contributed by atoms with Crippen LogP contribution in [0, 0.1) is 15.0 Å². The maximum Gasteiger partial charge on any atom is 0.511 e. The van der Waals surface area contributed by atoms with Crippen molar-refractivity contribution in [1.29, 1.82) is 0 Å². The number of benzene rings is 2. The van der Waals surface area contributed by atoms with E-state index in [1.807, 2.05) is 0 Å². The van der Waals surface area contributed by atoms with Gasteiger partial charge in [-0.3, -0.25) is 10.1 Å². The number of rotatable bonds is 4. The minimum Gasteiger partial charge on any atom is -0.449 e. The van der Waals surface area contributed by atoms with E-state index in [9.17, 15) is 19.8 Å². The standard InChI is InChI=1S/C13H8N2O6/c16-13(17)21-12-6-3-9(14-18)7-11(12)8-1-4-10(5-2-8)15(19)20/h1-7H,(H,16,17). The molecule has 0 spiro atoms. The quantitative estimate of drug-likeness (QED) is 0.301. The summed E-state index contributed by atoms with van der Waals surface area (Å²) in [6, 6.07) is 9.32. The molecule has 2 rings (SSSR count). The third kappa shape index (κ3) is 3.18. The molecule has 0 fully saturated rings. The molecule has 0 aliphatic rings. The maximum absolute atomic E-state index is 10.7. The number of nitro groups is 1. The highest BCUT2D eigenvalue weighted by atomic mass is 16.7. The molecule has 0 aliphatic heterocycles. The number of nitroso groups, excluding NO2 is 1. The monoisotopic (exact) mass is 288 g/mol. The molecule has 2 aromatic rings. The van der Waals surface area contributed by atoms with Gasteiger partial charge in [0.05, 0.1) is 4.92 Å². The number of hydrogen-bond acceptors (Lipinski definition) is 6. The van der Waals surface area contributed by atoms with Crippen molar-refractivity contribution in [2.75, 3.05) is 0 Å². The smallest absolute Gasteiger partial charge is 0.449 e. The first-order valence-electron chi connectivity index (χ1n) is 5.64. The molecule has 1 N–H and O–H groups in total. The summed E-state index contributed by atoms with van der Waals surface area (Å²) in [6.07, 6.45) is -1.51. The third-order valence-corrected chi connectivity index (χ3v) is 2.65. The van der Waals surface area contributed by atoms with Crippen LogP contribution in [0.4, 0.5) is 16.2 Å². The summed E-state index contributed by atoms with van der Waals surface area (Å²) in [5.41, 5.74) is 0.733. The lowest BCUT2D eigenvalue weighted by Gasteiger charge is -2.08. The topological polar surface area (TPSA) is 119 Å². The summed E-state index contributed by atoms with van der Waals surface area (Å²) >= 11 is 0. The zero-order chi connectivity index (χ0) is 15.4. The first kappa shape index (κ1) is 14.1. The zero-order valence-electron chi connectivity index (χ0n) is 10.4. The summed E-state index contributed by atoms with van der Waals surface area (Å²) in [6.45, 7) is 0. The molecule has 0 bridgehead atoms. The van der Waals surface area contributed by atoms with E-state index in [0.29, 0.717) is 11.1 Å². The van der Waals surface area contributed by atoms with E-state index in [2.05, 4.69) is 9.91 Å². The van der Waals surface area contributed by atoms with E-state index in [4.69, 9.17) is 5.11 Å². The van der Waals surface area contributed by atoms with Gasteiger partial charge in [0.25, 0.3) is 5.69 Å². The number of carboxylic acid groups (broad SMARTS) is 1. The van der Waals surface area contributed by atoms with Gasteiger partial charge in [-0.15, -0.1) is 4.91 Å². The van der Waals surface area contributed by atoms with Crippen LogP contribution in [0.25, 0.3) is 11.1 Å². The van der Waals surface area contributed by atoms with E-state index < -0.39 is 11.1 Å². The van der Waals surface area contributed by atoms with Gasteiger partial charge >= 0.3 is 6.16 Å². The molecule has 0 aliphatic carbocycles. The zero-order valence-corrected chi connectivity index (χ0v) is 10.4. The van der Waals surface area contributed by atoms with Gasteiger partial charge in [0.15, 0.2) is 0 Å². The Morgan fingerprint density at radius 1 is 1.19 bits per heavy atom. The van der Waals surface area contributed by atoms with Crippen molar-refractivity contribution in [1.82, 2.24) is 0 Å². The molecule has 8 heteroatoms. The Balaban J connectivity index is 2.51. The van der Waals surface area contributed by atoms with E-state index >= 15 is 0 Å². The Labute approximate surface area is 117 Å². The SMILES string of the molecule is O=Nc1ccc(OC(=O)O)c(-c2ccc([N+](=O)[O-])cc2)c1. The van der Waals surface area contributed by atoms with Crippen molar-refractivity contribution in [2.45, 2.75) is 0 Å². The van der Waals surface area contributed by atoms with Gasteiger partial charge < -0.3 is 9.84 Å². The van der Waals surface area contributed by atoms with Crippen molar-refractivity contribution < 1.29 is 19.6 Å². The molecule has 0 radical (unpaired) electrons. The highest BCUT2D eigenvalue weighted by Gasteiger charge is 2.13. The predicted molar refractivity (Wildman–Crippen MR) is 72.6 cm³/mol. The number of nitro benzene ring substituents is 1. The molecule has 8 nitrogen and oxygen atoms in total. The van der Waals surface area contributed by atoms with Gasteiger partial charge in [-0.05, 0) is 41.1 Å². The number of non-ortho nitro benzene ring substituents is 1. The largest absolute Gasteiger partial charge is 0.511 e. The van der Waals surface area contributed by atoms with Gasteiger partial charge in [-0.2, -0.15) is 0 Å². The molecule has 0 atom stereocenters. The molecular formula is C13H8N2O6. The fourth-order valence-electron chi connectivity index (χ4n) is 1.75. The fraction of sp³-hybridized carbons (Fsp3) is 0. The normalized spacial score (nSPS) is 9.90. The summed E-state index contributed by atoms with van der Waals surface area (Å²) < 4.78 is 4.62. The van der Waals surface area contributed by atoms with E-state index in [-0.39, 0.29) is 17.1 Å². The number of hydrogen-bond donors (Lipinski definition) is 1. The van der Waals surface area contributed by atoms with Crippen LogP contribution in [0.3, 0.4) is 0 Å². The lowest BCUT2D eigenvalue weighted by molar-refractivity contribution is -0.384. The molecule has 106 valence electrons. The fourth-order valence-corrected chi connectivity index (χ4v) is 1.75. The summed E-state index contributed by atoms with van der Waals surface area (Å²) in [7, 11) is 0. The second-order valence-electron chi connectivity index (χ2n) is 3.94. The van der Waals surface area contributed by atoms with Gasteiger partial charge in [-0.25, -0.2) is 4.79 Å². The summed E-state index contributed by atoms with van der Waals surface area (Å²) in [5, 5.41) is 22.1. The van der Waals surface area contributed by atoms with Crippen LogP contribution in [-0.4, -0.2) is 16.2 Å². The molecule has 0 amide bonds. The van der Waals surface area contributed by atoms with Crippen molar-refractivity contribution >= 4 is 17.5 Å². The third-order valence-electron chi connectivity index (χ3n) is 2.65. The van der Waals surface area contributed by atoms with E-state index in [1.54, 1.807) is 0 Å². The minimum atomic E-state index is -1.51. The van der Waals surface area contributed by atoms with Crippen LogP contribution < -0.4 is 4.74 Å². The summed E-state index contributed by atoms with van der Waals surface area (Å²) in [5.74, 6) is 0.00348. The molecule has 0 unspecified atom stereocenters. The van der Waals surface area contributed by atoms with Gasteiger partial charge in [0.2, 0.25) is 0 Å². The average molecular weight is 288 g/mol. The lowest BCUT2D eigenvalue weighted by atomic mass is 10.0. The molecule has 0 heterocycles. The first-order chi connectivity index (χ1) is 10.0. The first-order valence-corrected chi connectivity index (χ1v) is 5.64. The molecule has 0 saturated heterocycles. The molecular weight excluding hydrogens is 280 g/mol. The highest BCUT2D eigenvalue weighted by molar-refractivity contribution is 5.77. The maximum atomic E-state index is 10.7. The molecule has 0 saturated carbocycles. The molecule has 2 aromatic carbocycles.